The van der Waals surface area contributed by atoms with Crippen LogP contribution in [0.25, 0.3) is 0 Å². The van der Waals surface area contributed by atoms with E-state index >= 15 is 0 Å². The van der Waals surface area contributed by atoms with Gasteiger partial charge in [0, 0.05) is 24.2 Å². The number of hydrogen-bond acceptors (Lipinski definition) is 6. The molecular formula is C15H24N4O2. The van der Waals surface area contributed by atoms with Crippen molar-refractivity contribution in [1.29, 1.82) is 0 Å². The van der Waals surface area contributed by atoms with Crippen LogP contribution in [0, 0.1) is 0 Å². The average molecular weight is 292 g/mol. The van der Waals surface area contributed by atoms with E-state index in [4.69, 9.17) is 8.94 Å². The summed E-state index contributed by atoms with van der Waals surface area (Å²) in [6, 6.07) is 0. The minimum absolute atomic E-state index is 0.270. The van der Waals surface area contributed by atoms with E-state index in [1.165, 1.54) is 0 Å². The molecule has 1 unspecified atom stereocenters. The molecular weight excluding hydrogens is 268 g/mol. The average Bonchev–Trinajstić information content (AvgIpc) is 3.07. The highest BCUT2D eigenvalue weighted by molar-refractivity contribution is 4.96. The van der Waals surface area contributed by atoms with E-state index in [1.54, 1.807) is 0 Å². The van der Waals surface area contributed by atoms with Crippen molar-refractivity contribution >= 4 is 0 Å². The predicted octanol–water partition coefficient (Wildman–Crippen LogP) is 3.83. The van der Waals surface area contributed by atoms with Gasteiger partial charge >= 0.3 is 0 Å². The van der Waals surface area contributed by atoms with Crippen molar-refractivity contribution in [1.82, 2.24) is 20.3 Å². The van der Waals surface area contributed by atoms with Gasteiger partial charge in [0.25, 0.3) is 0 Å². The molecule has 2 aromatic heterocycles. The Morgan fingerprint density at radius 1 is 0.952 bits per heavy atom. The normalized spacial score (nSPS) is 13.3. The van der Waals surface area contributed by atoms with E-state index in [2.05, 4.69) is 27.3 Å². The van der Waals surface area contributed by atoms with Crippen LogP contribution in [0.3, 0.4) is 0 Å². The van der Waals surface area contributed by atoms with Crippen molar-refractivity contribution in [3.8, 4) is 0 Å². The van der Waals surface area contributed by atoms with Crippen LogP contribution in [0.2, 0.25) is 0 Å². The van der Waals surface area contributed by atoms with Crippen molar-refractivity contribution in [2.24, 2.45) is 0 Å². The fourth-order valence-corrected chi connectivity index (χ4v) is 1.97. The lowest BCUT2D eigenvalue weighted by molar-refractivity contribution is 0.357. The molecule has 0 aliphatic carbocycles. The van der Waals surface area contributed by atoms with E-state index in [1.807, 2.05) is 27.7 Å². The third kappa shape index (κ3) is 4.12. The van der Waals surface area contributed by atoms with Gasteiger partial charge in [-0.25, -0.2) is 0 Å². The van der Waals surface area contributed by atoms with Gasteiger partial charge < -0.3 is 8.94 Å². The summed E-state index contributed by atoms with van der Waals surface area (Å²) >= 11 is 0. The zero-order chi connectivity index (χ0) is 15.4. The van der Waals surface area contributed by atoms with Gasteiger partial charge in [0.2, 0.25) is 17.7 Å². The Bertz CT molecular complexity index is 560. The molecule has 2 rings (SSSR count). The summed E-state index contributed by atoms with van der Waals surface area (Å²) in [4.78, 5) is 4.43. The molecule has 116 valence electrons. The molecule has 21 heavy (non-hydrogen) atoms. The Kier molecular flexibility index (Phi) is 5.09. The molecule has 0 fully saturated rings. The third-order valence-corrected chi connectivity index (χ3v) is 3.40. The first kappa shape index (κ1) is 15.7. The van der Waals surface area contributed by atoms with E-state index in [-0.39, 0.29) is 17.8 Å². The molecule has 6 nitrogen and oxygen atoms in total. The quantitative estimate of drug-likeness (QED) is 0.771. The SMILES string of the molecule is CC(C)c1nc(C(C)CCCc2nnc(C(C)C)o2)no1. The van der Waals surface area contributed by atoms with E-state index in [9.17, 15) is 0 Å². The molecule has 0 aromatic carbocycles. The summed E-state index contributed by atoms with van der Waals surface area (Å²) in [5.41, 5.74) is 0. The molecule has 6 heteroatoms. The molecule has 0 aliphatic heterocycles. The summed E-state index contributed by atoms with van der Waals surface area (Å²) in [5, 5.41) is 12.2. The molecule has 0 radical (unpaired) electrons. The molecule has 0 saturated heterocycles. The lowest BCUT2D eigenvalue weighted by atomic mass is 10.0. The number of aryl methyl sites for hydroxylation is 1. The molecule has 0 amide bonds. The fourth-order valence-electron chi connectivity index (χ4n) is 1.97. The standard InChI is InChI=1S/C15H24N4O2/c1-9(2)14-16-13(19-21-14)11(5)7-6-8-12-17-18-15(20-12)10(3)4/h9-11H,6-8H2,1-5H3. The van der Waals surface area contributed by atoms with Crippen LogP contribution >= 0.6 is 0 Å². The summed E-state index contributed by atoms with van der Waals surface area (Å²) < 4.78 is 10.8. The minimum atomic E-state index is 0.270. The van der Waals surface area contributed by atoms with Crippen molar-refractivity contribution in [2.45, 2.75) is 71.6 Å². The van der Waals surface area contributed by atoms with Crippen molar-refractivity contribution in [3.05, 3.63) is 23.5 Å². The highest BCUT2D eigenvalue weighted by atomic mass is 16.5. The highest BCUT2D eigenvalue weighted by Crippen LogP contribution is 2.21. The van der Waals surface area contributed by atoms with Gasteiger partial charge in [-0.2, -0.15) is 4.98 Å². The van der Waals surface area contributed by atoms with E-state index in [0.29, 0.717) is 17.7 Å². The molecule has 0 bridgehead atoms. The number of nitrogens with zero attached hydrogens (tertiary/aromatic N) is 4. The smallest absolute Gasteiger partial charge is 0.229 e. The molecule has 0 spiro atoms. The Labute approximate surface area is 125 Å². The molecule has 0 saturated carbocycles. The second kappa shape index (κ2) is 6.83. The molecule has 2 aromatic rings. The van der Waals surface area contributed by atoms with Crippen LogP contribution in [-0.2, 0) is 6.42 Å². The molecule has 0 N–H and O–H groups in total. The van der Waals surface area contributed by atoms with E-state index in [0.717, 1.165) is 25.1 Å². The van der Waals surface area contributed by atoms with Crippen molar-refractivity contribution < 1.29 is 8.94 Å². The Morgan fingerprint density at radius 2 is 1.67 bits per heavy atom. The second-order valence-corrected chi connectivity index (χ2v) is 6.13. The van der Waals surface area contributed by atoms with Crippen LogP contribution in [-0.4, -0.2) is 20.3 Å². The van der Waals surface area contributed by atoms with Gasteiger partial charge in [-0.15, -0.1) is 10.2 Å². The summed E-state index contributed by atoms with van der Waals surface area (Å²) in [7, 11) is 0. The Balaban J connectivity index is 1.81. The first-order chi connectivity index (χ1) is 9.97. The summed E-state index contributed by atoms with van der Waals surface area (Å²) in [5.74, 6) is 3.72. The number of hydrogen-bond donors (Lipinski definition) is 0. The zero-order valence-corrected chi connectivity index (χ0v) is 13.5. The lowest BCUT2D eigenvalue weighted by Crippen LogP contribution is -1.98. The third-order valence-electron chi connectivity index (χ3n) is 3.40. The first-order valence-electron chi connectivity index (χ1n) is 7.63. The topological polar surface area (TPSA) is 77.8 Å². The van der Waals surface area contributed by atoms with Crippen LogP contribution < -0.4 is 0 Å². The predicted molar refractivity (Wildman–Crippen MR) is 78.1 cm³/mol. The van der Waals surface area contributed by atoms with Crippen LogP contribution in [0.1, 0.15) is 88.7 Å². The maximum Gasteiger partial charge on any atom is 0.229 e. The maximum atomic E-state index is 5.60. The largest absolute Gasteiger partial charge is 0.425 e. The van der Waals surface area contributed by atoms with Crippen molar-refractivity contribution in [3.63, 3.8) is 0 Å². The first-order valence-corrected chi connectivity index (χ1v) is 7.63. The minimum Gasteiger partial charge on any atom is -0.425 e. The van der Waals surface area contributed by atoms with Gasteiger partial charge in [0.1, 0.15) is 0 Å². The zero-order valence-electron chi connectivity index (χ0n) is 13.5. The number of rotatable bonds is 7. The van der Waals surface area contributed by atoms with Crippen LogP contribution in [0.5, 0.6) is 0 Å². The van der Waals surface area contributed by atoms with E-state index < -0.39 is 0 Å². The highest BCUT2D eigenvalue weighted by Gasteiger charge is 2.16. The van der Waals surface area contributed by atoms with Gasteiger partial charge in [0.05, 0.1) is 0 Å². The fraction of sp³-hybridized carbons (Fsp3) is 0.733. The number of aromatic nitrogens is 4. The maximum absolute atomic E-state index is 5.60. The summed E-state index contributed by atoms with van der Waals surface area (Å²) in [6.45, 7) is 10.3. The molecule has 1 atom stereocenters. The van der Waals surface area contributed by atoms with Gasteiger partial charge in [-0.05, 0) is 12.8 Å². The van der Waals surface area contributed by atoms with Gasteiger partial charge in [0.15, 0.2) is 5.82 Å². The summed E-state index contributed by atoms with van der Waals surface area (Å²) in [6.07, 6.45) is 2.72. The van der Waals surface area contributed by atoms with Gasteiger partial charge in [-0.1, -0.05) is 39.8 Å². The lowest BCUT2D eigenvalue weighted by Gasteiger charge is -2.04. The molecule has 0 aliphatic rings. The second-order valence-electron chi connectivity index (χ2n) is 6.13. The monoisotopic (exact) mass is 292 g/mol. The van der Waals surface area contributed by atoms with Crippen LogP contribution in [0.4, 0.5) is 0 Å². The van der Waals surface area contributed by atoms with Crippen LogP contribution in [0.15, 0.2) is 8.94 Å². The Hall–Kier alpha value is -1.72. The molecule has 2 heterocycles. The van der Waals surface area contributed by atoms with Crippen molar-refractivity contribution in [2.75, 3.05) is 0 Å². The Morgan fingerprint density at radius 3 is 2.24 bits per heavy atom. The van der Waals surface area contributed by atoms with Gasteiger partial charge in [-0.3, -0.25) is 0 Å².